The van der Waals surface area contributed by atoms with Crippen LogP contribution >= 0.6 is 0 Å². The van der Waals surface area contributed by atoms with E-state index in [1.807, 2.05) is 0 Å². The topological polar surface area (TPSA) is 94.8 Å². The van der Waals surface area contributed by atoms with Gasteiger partial charge in [0.1, 0.15) is 11.3 Å². The third-order valence-electron chi connectivity index (χ3n) is 3.85. The fourth-order valence-corrected chi connectivity index (χ4v) is 2.46. The lowest BCUT2D eigenvalue weighted by Gasteiger charge is -2.14. The van der Waals surface area contributed by atoms with Gasteiger partial charge >= 0.3 is 5.97 Å². The standard InChI is InChI=1S/C20H17NO6/c1-12(19(23)21-14-8-4-6-10-17(14)25-2)26-20(24)18-11-15(22)13-7-3-5-9-16(13)27-18/h3-12H,1-2H3,(H,21,23)/t12-/m0/s1. The largest absolute Gasteiger partial charge is 0.495 e. The Labute approximate surface area is 154 Å². The zero-order valence-corrected chi connectivity index (χ0v) is 14.7. The molecule has 0 fully saturated rings. The molecule has 0 aliphatic rings. The number of methoxy groups -OCH3 is 1. The van der Waals surface area contributed by atoms with Crippen molar-refractivity contribution in [2.45, 2.75) is 13.0 Å². The van der Waals surface area contributed by atoms with Crippen LogP contribution in [0.2, 0.25) is 0 Å². The molecule has 7 nitrogen and oxygen atoms in total. The number of anilines is 1. The van der Waals surface area contributed by atoms with E-state index >= 15 is 0 Å². The lowest BCUT2D eigenvalue weighted by atomic mass is 10.2. The molecule has 0 saturated carbocycles. The first-order valence-corrected chi connectivity index (χ1v) is 8.17. The fourth-order valence-electron chi connectivity index (χ4n) is 2.46. The van der Waals surface area contributed by atoms with Crippen LogP contribution in [0.4, 0.5) is 5.69 Å². The highest BCUT2D eigenvalue weighted by molar-refractivity contribution is 5.97. The molecule has 1 aromatic heterocycles. The van der Waals surface area contributed by atoms with Gasteiger partial charge in [0.2, 0.25) is 5.76 Å². The van der Waals surface area contributed by atoms with E-state index in [-0.39, 0.29) is 16.8 Å². The molecule has 1 N–H and O–H groups in total. The molecule has 0 unspecified atom stereocenters. The molecular formula is C20H17NO6. The van der Waals surface area contributed by atoms with E-state index in [2.05, 4.69) is 5.32 Å². The molecule has 27 heavy (non-hydrogen) atoms. The van der Waals surface area contributed by atoms with Gasteiger partial charge in [-0.3, -0.25) is 9.59 Å². The van der Waals surface area contributed by atoms with E-state index < -0.39 is 18.0 Å². The molecule has 1 amide bonds. The average Bonchev–Trinajstić information content (AvgIpc) is 2.68. The van der Waals surface area contributed by atoms with Gasteiger partial charge in [0.15, 0.2) is 11.5 Å². The van der Waals surface area contributed by atoms with Crippen molar-refractivity contribution in [3.8, 4) is 5.75 Å². The summed E-state index contributed by atoms with van der Waals surface area (Å²) in [5, 5.41) is 2.98. The zero-order valence-electron chi connectivity index (χ0n) is 14.7. The Bertz CT molecular complexity index is 1060. The first kappa shape index (κ1) is 18.2. The summed E-state index contributed by atoms with van der Waals surface area (Å²) in [7, 11) is 1.48. The number of ether oxygens (including phenoxy) is 2. The number of esters is 1. The Morgan fingerprint density at radius 2 is 1.78 bits per heavy atom. The van der Waals surface area contributed by atoms with Crippen LogP contribution in [-0.2, 0) is 9.53 Å². The second-order valence-electron chi connectivity index (χ2n) is 5.71. The summed E-state index contributed by atoms with van der Waals surface area (Å²) in [5.74, 6) is -1.24. The number of para-hydroxylation sites is 3. The van der Waals surface area contributed by atoms with Crippen molar-refractivity contribution in [1.82, 2.24) is 0 Å². The molecule has 2 aromatic carbocycles. The molecule has 0 spiro atoms. The van der Waals surface area contributed by atoms with E-state index in [0.717, 1.165) is 6.07 Å². The minimum atomic E-state index is -1.11. The van der Waals surface area contributed by atoms with Crippen LogP contribution in [0.5, 0.6) is 5.75 Å². The zero-order chi connectivity index (χ0) is 19.4. The van der Waals surface area contributed by atoms with Crippen LogP contribution in [-0.4, -0.2) is 25.1 Å². The normalized spacial score (nSPS) is 11.6. The van der Waals surface area contributed by atoms with Crippen molar-refractivity contribution in [2.75, 3.05) is 12.4 Å². The summed E-state index contributed by atoms with van der Waals surface area (Å²) >= 11 is 0. The van der Waals surface area contributed by atoms with Gasteiger partial charge in [-0.1, -0.05) is 24.3 Å². The lowest BCUT2D eigenvalue weighted by molar-refractivity contribution is -0.123. The van der Waals surface area contributed by atoms with E-state index in [9.17, 15) is 14.4 Å². The maximum absolute atomic E-state index is 12.3. The summed E-state index contributed by atoms with van der Waals surface area (Å²) in [4.78, 5) is 36.6. The van der Waals surface area contributed by atoms with Gasteiger partial charge in [-0.25, -0.2) is 4.79 Å². The molecule has 7 heteroatoms. The first-order chi connectivity index (χ1) is 13.0. The van der Waals surface area contributed by atoms with Crippen LogP contribution < -0.4 is 15.5 Å². The second-order valence-corrected chi connectivity index (χ2v) is 5.71. The van der Waals surface area contributed by atoms with Crippen molar-refractivity contribution in [1.29, 1.82) is 0 Å². The van der Waals surface area contributed by atoms with Crippen LogP contribution in [0.3, 0.4) is 0 Å². The van der Waals surface area contributed by atoms with Crippen LogP contribution in [0.15, 0.2) is 63.8 Å². The van der Waals surface area contributed by atoms with Crippen LogP contribution in [0, 0.1) is 0 Å². The van der Waals surface area contributed by atoms with Gasteiger partial charge in [-0.15, -0.1) is 0 Å². The smallest absolute Gasteiger partial charge is 0.375 e. The molecule has 0 radical (unpaired) electrons. The van der Waals surface area contributed by atoms with Gasteiger partial charge in [0, 0.05) is 6.07 Å². The number of fused-ring (bicyclic) bond motifs is 1. The Hall–Kier alpha value is -3.61. The predicted molar refractivity (Wildman–Crippen MR) is 99.0 cm³/mol. The lowest BCUT2D eigenvalue weighted by Crippen LogP contribution is -2.30. The van der Waals surface area contributed by atoms with Crippen LogP contribution in [0.25, 0.3) is 11.0 Å². The van der Waals surface area contributed by atoms with Gasteiger partial charge in [0.25, 0.3) is 5.91 Å². The summed E-state index contributed by atoms with van der Waals surface area (Å²) < 4.78 is 15.7. The van der Waals surface area contributed by atoms with E-state index in [4.69, 9.17) is 13.9 Å². The minimum absolute atomic E-state index is 0.267. The molecule has 1 heterocycles. The van der Waals surface area contributed by atoms with Gasteiger partial charge in [-0.05, 0) is 31.2 Å². The van der Waals surface area contributed by atoms with Gasteiger partial charge < -0.3 is 19.2 Å². The van der Waals surface area contributed by atoms with E-state index in [0.29, 0.717) is 16.8 Å². The van der Waals surface area contributed by atoms with Crippen LogP contribution in [0.1, 0.15) is 17.5 Å². The SMILES string of the molecule is COc1ccccc1NC(=O)[C@H](C)OC(=O)c1cc(=O)c2ccccc2o1. The maximum Gasteiger partial charge on any atom is 0.375 e. The summed E-state index contributed by atoms with van der Waals surface area (Å²) in [6, 6.07) is 14.5. The molecule has 0 saturated heterocycles. The number of nitrogens with one attached hydrogen (secondary N) is 1. The highest BCUT2D eigenvalue weighted by Crippen LogP contribution is 2.23. The molecule has 0 aliphatic heterocycles. The molecular weight excluding hydrogens is 350 g/mol. The maximum atomic E-state index is 12.3. The molecule has 3 aromatic rings. The van der Waals surface area contributed by atoms with E-state index in [1.165, 1.54) is 14.0 Å². The second kappa shape index (κ2) is 7.74. The monoisotopic (exact) mass is 367 g/mol. The Morgan fingerprint density at radius 1 is 1.07 bits per heavy atom. The van der Waals surface area contributed by atoms with Crippen molar-refractivity contribution in [3.63, 3.8) is 0 Å². The highest BCUT2D eigenvalue weighted by atomic mass is 16.6. The van der Waals surface area contributed by atoms with Gasteiger partial charge in [-0.2, -0.15) is 0 Å². The quantitative estimate of drug-likeness (QED) is 0.697. The van der Waals surface area contributed by atoms with E-state index in [1.54, 1.807) is 48.5 Å². The average molecular weight is 367 g/mol. The van der Waals surface area contributed by atoms with Crippen molar-refractivity contribution in [2.24, 2.45) is 0 Å². The first-order valence-electron chi connectivity index (χ1n) is 8.17. The third kappa shape index (κ3) is 3.98. The van der Waals surface area contributed by atoms with Crippen molar-refractivity contribution in [3.05, 3.63) is 70.6 Å². The fraction of sp³-hybridized carbons (Fsp3) is 0.150. The molecule has 0 bridgehead atoms. The Balaban J connectivity index is 1.73. The number of carbonyl (C=O) groups is 2. The summed E-state index contributed by atoms with van der Waals surface area (Å²) in [6.07, 6.45) is -1.11. The Kier molecular flexibility index (Phi) is 5.21. The van der Waals surface area contributed by atoms with Crippen molar-refractivity contribution < 1.29 is 23.5 Å². The third-order valence-corrected chi connectivity index (χ3v) is 3.85. The Morgan fingerprint density at radius 3 is 2.56 bits per heavy atom. The molecule has 0 aliphatic carbocycles. The molecule has 138 valence electrons. The minimum Gasteiger partial charge on any atom is -0.495 e. The highest BCUT2D eigenvalue weighted by Gasteiger charge is 2.22. The number of hydrogen-bond donors (Lipinski definition) is 1. The van der Waals surface area contributed by atoms with Crippen molar-refractivity contribution >= 4 is 28.5 Å². The number of benzene rings is 2. The number of rotatable bonds is 5. The predicted octanol–water partition coefficient (Wildman–Crippen LogP) is 2.99. The van der Waals surface area contributed by atoms with Gasteiger partial charge in [0.05, 0.1) is 18.2 Å². The number of hydrogen-bond acceptors (Lipinski definition) is 6. The summed E-state index contributed by atoms with van der Waals surface area (Å²) in [6.45, 7) is 1.42. The summed E-state index contributed by atoms with van der Waals surface area (Å²) in [5.41, 5.74) is 0.350. The number of carbonyl (C=O) groups excluding carboxylic acids is 2. The number of amides is 1. The molecule has 3 rings (SSSR count). The molecule has 1 atom stereocenters.